The maximum Gasteiger partial charge on any atom is 0.188 e. The normalized spacial score (nSPS) is 11.3. The lowest BCUT2D eigenvalue weighted by molar-refractivity contribution is 0.792. The third-order valence-corrected chi connectivity index (χ3v) is 4.95. The van der Waals surface area contributed by atoms with Gasteiger partial charge in [0.25, 0.3) is 0 Å². The first-order valence-electron chi connectivity index (χ1n) is 7.24. The van der Waals surface area contributed by atoms with E-state index in [0.29, 0.717) is 5.96 Å². The van der Waals surface area contributed by atoms with E-state index in [0.717, 1.165) is 43.1 Å². The highest BCUT2D eigenvalue weighted by atomic mass is 127. The number of nitrogens with two attached hydrogens (primary N) is 1. The van der Waals surface area contributed by atoms with Gasteiger partial charge in [-0.05, 0) is 31.9 Å². The second-order valence-corrected chi connectivity index (χ2v) is 7.05. The van der Waals surface area contributed by atoms with Gasteiger partial charge in [-0.25, -0.2) is 4.98 Å². The molecule has 22 heavy (non-hydrogen) atoms. The topological polar surface area (TPSA) is 63.3 Å². The van der Waals surface area contributed by atoms with Crippen LogP contribution in [-0.2, 0) is 6.42 Å². The van der Waals surface area contributed by atoms with Crippen molar-refractivity contribution in [2.24, 2.45) is 10.7 Å². The lowest BCUT2D eigenvalue weighted by Gasteiger charge is -2.04. The number of rotatable bonds is 7. The summed E-state index contributed by atoms with van der Waals surface area (Å²) >= 11 is 3.49. The Bertz CT molecular complexity index is 592. The summed E-state index contributed by atoms with van der Waals surface area (Å²) in [6.45, 7) is 5.81. The van der Waals surface area contributed by atoms with Crippen LogP contribution in [0.25, 0.3) is 10.6 Å². The van der Waals surface area contributed by atoms with Crippen LogP contribution in [0.15, 0.2) is 22.5 Å². The zero-order chi connectivity index (χ0) is 15.1. The van der Waals surface area contributed by atoms with E-state index in [9.17, 15) is 0 Å². The van der Waals surface area contributed by atoms with Gasteiger partial charge in [0.1, 0.15) is 0 Å². The van der Waals surface area contributed by atoms with Gasteiger partial charge in [-0.15, -0.1) is 46.7 Å². The van der Waals surface area contributed by atoms with Crippen molar-refractivity contribution < 1.29 is 0 Å². The second kappa shape index (κ2) is 10.2. The zero-order valence-corrected chi connectivity index (χ0v) is 16.9. The summed E-state index contributed by atoms with van der Waals surface area (Å²) in [4.78, 5) is 11.4. The van der Waals surface area contributed by atoms with Gasteiger partial charge in [0.15, 0.2) is 5.96 Å². The number of aromatic nitrogens is 1. The molecule has 3 N–H and O–H groups in total. The number of hydrogen-bond donors (Lipinski definition) is 2. The molecule has 0 spiro atoms. The molecule has 0 saturated carbocycles. The molecule has 0 aliphatic carbocycles. The fourth-order valence-corrected chi connectivity index (χ4v) is 3.51. The van der Waals surface area contributed by atoms with Gasteiger partial charge in [-0.3, -0.25) is 4.99 Å². The van der Waals surface area contributed by atoms with E-state index in [4.69, 9.17) is 5.73 Å². The maximum atomic E-state index is 5.81. The van der Waals surface area contributed by atoms with Crippen molar-refractivity contribution >= 4 is 52.6 Å². The average molecular weight is 450 g/mol. The number of nitrogens with zero attached hydrogens (tertiary/aromatic N) is 2. The number of hydrogen-bond acceptors (Lipinski definition) is 4. The highest BCUT2D eigenvalue weighted by Crippen LogP contribution is 2.29. The first-order chi connectivity index (χ1) is 10.2. The van der Waals surface area contributed by atoms with Crippen molar-refractivity contribution in [3.63, 3.8) is 0 Å². The first kappa shape index (κ1) is 19.4. The summed E-state index contributed by atoms with van der Waals surface area (Å²) in [7, 11) is 0. The number of halogens is 1. The minimum Gasteiger partial charge on any atom is -0.370 e. The number of aliphatic imine (C=N–C) groups is 1. The van der Waals surface area contributed by atoms with E-state index in [1.54, 1.807) is 22.7 Å². The van der Waals surface area contributed by atoms with Crippen LogP contribution >= 0.6 is 46.7 Å². The molecule has 0 aliphatic rings. The fourth-order valence-electron chi connectivity index (χ4n) is 1.85. The van der Waals surface area contributed by atoms with E-state index in [2.05, 4.69) is 39.7 Å². The number of thiazole rings is 1. The third-order valence-electron chi connectivity index (χ3n) is 3.00. The van der Waals surface area contributed by atoms with Crippen LogP contribution in [0.5, 0.6) is 0 Å². The molecular formula is C15H23IN4S2. The predicted octanol–water partition coefficient (Wildman–Crippen LogP) is 4.04. The Hall–Kier alpha value is -0.670. The Morgan fingerprint density at radius 1 is 1.41 bits per heavy atom. The minimum atomic E-state index is 0. The third kappa shape index (κ3) is 6.21. The van der Waals surface area contributed by atoms with Gasteiger partial charge < -0.3 is 11.1 Å². The molecule has 4 nitrogen and oxygen atoms in total. The van der Waals surface area contributed by atoms with Crippen LogP contribution in [0.4, 0.5) is 0 Å². The van der Waals surface area contributed by atoms with Crippen LogP contribution in [-0.4, -0.2) is 24.0 Å². The molecule has 0 bridgehead atoms. The highest BCUT2D eigenvalue weighted by Gasteiger charge is 2.06. The van der Waals surface area contributed by atoms with Crippen molar-refractivity contribution in [2.45, 2.75) is 33.1 Å². The van der Waals surface area contributed by atoms with Crippen LogP contribution < -0.4 is 11.1 Å². The summed E-state index contributed by atoms with van der Waals surface area (Å²) in [5.74, 6) is 0.551. The fraction of sp³-hybridized carbons (Fsp3) is 0.467. The number of nitrogens with one attached hydrogen (secondary N) is 1. The quantitative estimate of drug-likeness (QED) is 0.290. The molecule has 0 aliphatic heterocycles. The van der Waals surface area contributed by atoms with Crippen molar-refractivity contribution in [2.75, 3.05) is 13.1 Å². The van der Waals surface area contributed by atoms with Crippen molar-refractivity contribution in [1.82, 2.24) is 10.3 Å². The minimum absolute atomic E-state index is 0. The lowest BCUT2D eigenvalue weighted by Crippen LogP contribution is -2.33. The van der Waals surface area contributed by atoms with Crippen molar-refractivity contribution in [1.29, 1.82) is 0 Å². The molecule has 0 amide bonds. The first-order valence-corrected chi connectivity index (χ1v) is 8.93. The van der Waals surface area contributed by atoms with Crippen LogP contribution in [0.2, 0.25) is 0 Å². The molecule has 0 fully saturated rings. The average Bonchev–Trinajstić information content (AvgIpc) is 3.08. The van der Waals surface area contributed by atoms with Gasteiger partial charge in [0, 0.05) is 23.3 Å². The highest BCUT2D eigenvalue weighted by molar-refractivity contribution is 14.0. The molecule has 7 heteroatoms. The van der Waals surface area contributed by atoms with Gasteiger partial charge in [-0.1, -0.05) is 13.3 Å². The summed E-state index contributed by atoms with van der Waals surface area (Å²) in [5, 5.41) is 6.39. The zero-order valence-electron chi connectivity index (χ0n) is 13.0. The van der Waals surface area contributed by atoms with E-state index < -0.39 is 0 Å². The van der Waals surface area contributed by atoms with E-state index >= 15 is 0 Å². The number of unbranched alkanes of at least 4 members (excludes halogenated alkanes) is 1. The monoisotopic (exact) mass is 450 g/mol. The molecule has 122 valence electrons. The standard InChI is InChI=1S/C15H22N4S2.HI/c1-3-4-8-17-15(16)18-9-7-12-5-6-14(21-12)13-10-20-11(2)19-13;/h5-6,10H,3-4,7-9H2,1-2H3,(H3,16,17,18);1H. The molecule has 2 rings (SSSR count). The summed E-state index contributed by atoms with van der Waals surface area (Å²) in [6, 6.07) is 4.31. The largest absolute Gasteiger partial charge is 0.370 e. The van der Waals surface area contributed by atoms with Crippen LogP contribution in [0, 0.1) is 6.92 Å². The summed E-state index contributed by atoms with van der Waals surface area (Å²) in [5.41, 5.74) is 6.90. The lowest BCUT2D eigenvalue weighted by atomic mass is 10.3. The summed E-state index contributed by atoms with van der Waals surface area (Å²) in [6.07, 6.45) is 3.19. The van der Waals surface area contributed by atoms with E-state index in [1.165, 1.54) is 9.75 Å². The Kier molecular flexibility index (Phi) is 8.96. The molecule has 0 aromatic carbocycles. The summed E-state index contributed by atoms with van der Waals surface area (Å²) < 4.78 is 0. The molecule has 0 atom stereocenters. The Balaban J connectivity index is 0.00000242. The van der Waals surface area contributed by atoms with E-state index in [-0.39, 0.29) is 24.0 Å². The molecule has 0 saturated heterocycles. The Morgan fingerprint density at radius 3 is 2.91 bits per heavy atom. The van der Waals surface area contributed by atoms with Gasteiger partial charge in [0.05, 0.1) is 15.6 Å². The number of thiophene rings is 1. The predicted molar refractivity (Wildman–Crippen MR) is 109 cm³/mol. The van der Waals surface area contributed by atoms with Gasteiger partial charge >= 0.3 is 0 Å². The van der Waals surface area contributed by atoms with Crippen LogP contribution in [0.3, 0.4) is 0 Å². The van der Waals surface area contributed by atoms with Crippen molar-refractivity contribution in [3.05, 3.63) is 27.4 Å². The molecular weight excluding hydrogens is 427 g/mol. The van der Waals surface area contributed by atoms with E-state index in [1.807, 2.05) is 6.92 Å². The maximum absolute atomic E-state index is 5.81. The molecule has 0 unspecified atom stereocenters. The second-order valence-electron chi connectivity index (χ2n) is 4.82. The number of guanidine groups is 1. The molecule has 2 heterocycles. The van der Waals surface area contributed by atoms with Gasteiger partial charge in [-0.2, -0.15) is 0 Å². The molecule has 0 radical (unpaired) electrons. The van der Waals surface area contributed by atoms with Crippen LogP contribution in [0.1, 0.15) is 29.7 Å². The smallest absolute Gasteiger partial charge is 0.188 e. The molecule has 2 aromatic rings. The SMILES string of the molecule is CCCCN=C(N)NCCc1ccc(-c2csc(C)n2)s1.I. The molecule has 2 aromatic heterocycles. The van der Waals surface area contributed by atoms with Crippen molar-refractivity contribution in [3.8, 4) is 10.6 Å². The Labute approximate surface area is 157 Å². The Morgan fingerprint density at radius 2 is 2.23 bits per heavy atom. The number of aryl methyl sites for hydroxylation is 1. The van der Waals surface area contributed by atoms with Gasteiger partial charge in [0.2, 0.25) is 0 Å².